The minimum absolute atomic E-state index is 0.214. The summed E-state index contributed by atoms with van der Waals surface area (Å²) in [5.41, 5.74) is 5.46. The number of rotatable bonds is 4. The van der Waals surface area contributed by atoms with Crippen LogP contribution in [0.1, 0.15) is 17.3 Å². The molecule has 42 heavy (non-hydrogen) atoms. The van der Waals surface area contributed by atoms with Crippen molar-refractivity contribution in [1.82, 2.24) is 15.6 Å². The van der Waals surface area contributed by atoms with Gasteiger partial charge in [0.1, 0.15) is 0 Å². The number of hydrogen-bond acceptors (Lipinski definition) is 4. The Hall–Kier alpha value is -5.26. The van der Waals surface area contributed by atoms with Crippen LogP contribution in [0.25, 0.3) is 48.8 Å². The molecule has 6 aromatic rings. The van der Waals surface area contributed by atoms with Crippen molar-refractivity contribution >= 4 is 38.2 Å². The number of fused-ring (bicyclic) bond motifs is 6. The molecule has 5 heteroatoms. The van der Waals surface area contributed by atoms with Gasteiger partial charge >= 0.3 is 0 Å². The summed E-state index contributed by atoms with van der Waals surface area (Å²) in [4.78, 5) is 9.38. The molecule has 8 rings (SSSR count). The van der Waals surface area contributed by atoms with Gasteiger partial charge in [-0.3, -0.25) is 4.98 Å². The molecule has 5 nitrogen and oxygen atoms in total. The number of nitrogens with one attached hydrogen (secondary N) is 2. The Morgan fingerprint density at radius 3 is 2.00 bits per heavy atom. The van der Waals surface area contributed by atoms with Gasteiger partial charge in [-0.2, -0.15) is 0 Å². The lowest BCUT2D eigenvalue weighted by molar-refractivity contribution is 0.521. The van der Waals surface area contributed by atoms with Crippen molar-refractivity contribution < 1.29 is 0 Å². The fourth-order valence-corrected chi connectivity index (χ4v) is 6.20. The number of dihydropyridines is 1. The molecule has 0 bridgehead atoms. The maximum atomic E-state index is 5.17. The van der Waals surface area contributed by atoms with Gasteiger partial charge in [0.2, 0.25) is 0 Å². The van der Waals surface area contributed by atoms with Crippen LogP contribution in [0, 0.1) is 0 Å². The summed E-state index contributed by atoms with van der Waals surface area (Å²) >= 11 is 0. The van der Waals surface area contributed by atoms with Crippen molar-refractivity contribution in [2.75, 3.05) is 6.54 Å². The highest BCUT2D eigenvalue weighted by molar-refractivity contribution is 6.26. The van der Waals surface area contributed by atoms with E-state index in [0.717, 1.165) is 40.2 Å². The van der Waals surface area contributed by atoms with Gasteiger partial charge in [0.05, 0.1) is 0 Å². The molecule has 2 aliphatic rings. The van der Waals surface area contributed by atoms with Crippen LogP contribution in [-0.2, 0) is 0 Å². The Balaban J connectivity index is 1.29. The third-order valence-corrected chi connectivity index (χ3v) is 8.23. The molecule has 2 atom stereocenters. The number of hydrogen-bond donors (Lipinski definition) is 2. The van der Waals surface area contributed by atoms with Crippen molar-refractivity contribution in [3.63, 3.8) is 0 Å². The fourth-order valence-electron chi connectivity index (χ4n) is 6.20. The van der Waals surface area contributed by atoms with E-state index in [2.05, 4.69) is 119 Å². The van der Waals surface area contributed by atoms with Gasteiger partial charge in [0.25, 0.3) is 0 Å². The Kier molecular flexibility index (Phi) is 6.01. The first-order valence-corrected chi connectivity index (χ1v) is 14.3. The number of pyridine rings is 1. The maximum absolute atomic E-state index is 5.17. The van der Waals surface area contributed by atoms with Gasteiger partial charge in [-0.25, -0.2) is 0 Å². The Labute approximate surface area is 244 Å². The molecule has 0 radical (unpaired) electrons. The summed E-state index contributed by atoms with van der Waals surface area (Å²) in [6.45, 7) is 0.780. The van der Waals surface area contributed by atoms with Crippen molar-refractivity contribution in [3.8, 4) is 11.1 Å². The van der Waals surface area contributed by atoms with Gasteiger partial charge in [-0.05, 0) is 90.6 Å². The van der Waals surface area contributed by atoms with E-state index in [4.69, 9.17) is 10.3 Å². The van der Waals surface area contributed by atoms with Gasteiger partial charge < -0.3 is 20.9 Å². The molecule has 0 fully saturated rings. The summed E-state index contributed by atoms with van der Waals surface area (Å²) in [6.07, 6.45) is 9.42. The fraction of sp³-hybridized carbons (Fsp3) is 0.0811. The molecule has 202 valence electrons. The normalized spacial score (nSPS) is 18.4. The number of aromatic nitrogens is 1. The molecule has 0 spiro atoms. The lowest BCUT2D eigenvalue weighted by Gasteiger charge is -2.41. The first-order valence-electron chi connectivity index (χ1n) is 14.3. The number of amidine groups is 1. The van der Waals surface area contributed by atoms with Crippen molar-refractivity contribution in [2.45, 2.75) is 12.3 Å². The van der Waals surface area contributed by atoms with Crippen LogP contribution in [-0.4, -0.2) is 23.5 Å². The van der Waals surface area contributed by atoms with Crippen LogP contribution in [0.2, 0.25) is 0 Å². The number of benzene rings is 5. The molecule has 0 saturated heterocycles. The van der Waals surface area contributed by atoms with E-state index >= 15 is 0 Å². The summed E-state index contributed by atoms with van der Waals surface area (Å²) < 4.78 is 0. The maximum Gasteiger partial charge on any atom is 0.0379 e. The molecular weight excluding hydrogens is 514 g/mol. The third-order valence-electron chi connectivity index (χ3n) is 8.23. The highest BCUT2D eigenvalue weighted by Crippen LogP contribution is 2.39. The number of aliphatic imine (C=N–C) groups is 1. The summed E-state index contributed by atoms with van der Waals surface area (Å²) in [5, 5.41) is 19.6. The molecule has 0 aliphatic carbocycles. The van der Waals surface area contributed by atoms with E-state index < -0.39 is 0 Å². The zero-order chi connectivity index (χ0) is 27.9. The van der Waals surface area contributed by atoms with Crippen LogP contribution in [0.15, 0.2) is 144 Å². The largest absolute Gasteiger partial charge is 0.445 e. The second-order valence-electron chi connectivity index (χ2n) is 10.7. The van der Waals surface area contributed by atoms with Crippen molar-refractivity contribution in [3.05, 3.63) is 156 Å². The van der Waals surface area contributed by atoms with Gasteiger partial charge in [0, 0.05) is 31.3 Å². The second kappa shape index (κ2) is 10.3. The first kappa shape index (κ1) is 24.5. The highest BCUT2D eigenvalue weighted by Gasteiger charge is 2.20. The summed E-state index contributed by atoms with van der Waals surface area (Å²) in [5.74, 6) is 0.743. The molecule has 3 heterocycles. The van der Waals surface area contributed by atoms with Gasteiger partial charge in [-0.15, -0.1) is 0 Å². The standard InChI is InChI=1S/C37H28N5/c1-6-12-33(37-41-35(24-15-19-38-20-16-24)40-36(42-37)25-17-21-39-22-18-25)27(7-1)26-13-14-32-30-10-3-2-8-28(30)29-9-4-5-11-31(29)34(32)23-26/h1-21,23,35-36,39-40H,22H2/q-1. The number of nitrogens with zero attached hydrogens (tertiary/aromatic N) is 3. The van der Waals surface area contributed by atoms with Crippen LogP contribution in [0.4, 0.5) is 0 Å². The zero-order valence-corrected chi connectivity index (χ0v) is 22.9. The molecule has 1 aromatic heterocycles. The predicted octanol–water partition coefficient (Wildman–Crippen LogP) is 8.00. The average molecular weight is 543 g/mol. The van der Waals surface area contributed by atoms with Crippen LogP contribution < -0.4 is 10.6 Å². The van der Waals surface area contributed by atoms with E-state index in [-0.39, 0.29) is 12.3 Å². The first-order chi connectivity index (χ1) is 20.8. The molecule has 0 amide bonds. The van der Waals surface area contributed by atoms with Crippen molar-refractivity contribution in [1.29, 1.82) is 0 Å². The van der Waals surface area contributed by atoms with Gasteiger partial charge in [-0.1, -0.05) is 96.8 Å². The van der Waals surface area contributed by atoms with Gasteiger partial charge in [0.15, 0.2) is 0 Å². The van der Waals surface area contributed by atoms with E-state index in [1.165, 1.54) is 32.3 Å². The Bertz CT molecular complexity index is 2020. The molecular formula is C37H28N5-. The van der Waals surface area contributed by atoms with Crippen molar-refractivity contribution in [2.24, 2.45) is 4.99 Å². The smallest absolute Gasteiger partial charge is 0.0379 e. The highest BCUT2D eigenvalue weighted by atomic mass is 15.3. The second-order valence-corrected chi connectivity index (χ2v) is 10.7. The van der Waals surface area contributed by atoms with Crippen LogP contribution in [0.3, 0.4) is 0 Å². The van der Waals surface area contributed by atoms with E-state index in [0.29, 0.717) is 0 Å². The Morgan fingerprint density at radius 2 is 1.31 bits per heavy atom. The minimum atomic E-state index is -0.241. The summed E-state index contributed by atoms with van der Waals surface area (Å²) in [7, 11) is 0. The summed E-state index contributed by atoms with van der Waals surface area (Å²) in [6, 6.07) is 36.8. The van der Waals surface area contributed by atoms with Crippen LogP contribution >= 0.6 is 0 Å². The minimum Gasteiger partial charge on any atom is -0.445 e. The van der Waals surface area contributed by atoms with Crippen LogP contribution in [0.5, 0.6) is 0 Å². The quantitative estimate of drug-likeness (QED) is 0.222. The average Bonchev–Trinajstić information content (AvgIpc) is 3.09. The Morgan fingerprint density at radius 1 is 0.667 bits per heavy atom. The SMILES string of the molecule is C1=CC(C2N=C(c3ccccc3-c3ccc4c5ccccc5c5ccccc5c4c3)[N-]C(c3ccncc3)N2)=CCN1. The topological polar surface area (TPSA) is 63.4 Å². The monoisotopic (exact) mass is 542 g/mol. The van der Waals surface area contributed by atoms with E-state index in [9.17, 15) is 0 Å². The molecule has 5 aromatic carbocycles. The zero-order valence-electron chi connectivity index (χ0n) is 22.9. The molecule has 0 saturated carbocycles. The van der Waals surface area contributed by atoms with E-state index in [1.54, 1.807) is 0 Å². The molecule has 2 unspecified atom stereocenters. The molecule has 2 N–H and O–H groups in total. The lowest BCUT2D eigenvalue weighted by atomic mass is 9.91. The third kappa shape index (κ3) is 4.23. The predicted molar refractivity (Wildman–Crippen MR) is 173 cm³/mol. The molecule has 2 aliphatic heterocycles. The lowest BCUT2D eigenvalue weighted by Crippen LogP contribution is -2.39. The van der Waals surface area contributed by atoms with E-state index in [1.807, 2.05) is 30.7 Å².